The van der Waals surface area contributed by atoms with E-state index in [1.165, 1.54) is 5.69 Å². The Balaban J connectivity index is 2.56. The van der Waals surface area contributed by atoms with Crippen molar-refractivity contribution in [3.63, 3.8) is 0 Å². The van der Waals surface area contributed by atoms with Crippen LogP contribution in [0.25, 0.3) is 0 Å². The van der Waals surface area contributed by atoms with E-state index in [0.29, 0.717) is 0 Å². The summed E-state index contributed by atoms with van der Waals surface area (Å²) in [6, 6.07) is 2.11. The zero-order valence-electron chi connectivity index (χ0n) is 9.18. The molecule has 0 saturated carbocycles. The largest absolute Gasteiger partial charge is 0.306 e. The minimum Gasteiger partial charge on any atom is -0.306 e. The lowest BCUT2D eigenvalue weighted by molar-refractivity contribution is 0.420. The molecule has 0 bridgehead atoms. The maximum absolute atomic E-state index is 4.37. The van der Waals surface area contributed by atoms with Gasteiger partial charge in [-0.25, -0.2) is 0 Å². The Morgan fingerprint density at radius 2 is 2.08 bits per heavy atom. The maximum atomic E-state index is 4.37. The average molecular weight is 181 g/mol. The standard InChI is InChI=1S/C10H19N3/c1-8-6-9(12-13(8)5)7-11-10(2,3)4/h6,11H,7H2,1-5H3. The van der Waals surface area contributed by atoms with Crippen LogP contribution in [0.3, 0.4) is 0 Å². The highest BCUT2D eigenvalue weighted by molar-refractivity contribution is 5.08. The van der Waals surface area contributed by atoms with Crippen LogP contribution in [-0.4, -0.2) is 15.3 Å². The Morgan fingerprint density at radius 3 is 2.46 bits per heavy atom. The molecule has 1 aromatic rings. The van der Waals surface area contributed by atoms with E-state index in [-0.39, 0.29) is 5.54 Å². The van der Waals surface area contributed by atoms with Gasteiger partial charge >= 0.3 is 0 Å². The highest BCUT2D eigenvalue weighted by Crippen LogP contribution is 2.04. The highest BCUT2D eigenvalue weighted by atomic mass is 15.3. The maximum Gasteiger partial charge on any atom is 0.0765 e. The van der Waals surface area contributed by atoms with Crippen LogP contribution in [0.15, 0.2) is 6.07 Å². The SMILES string of the molecule is Cc1cc(CNC(C)(C)C)nn1C. The van der Waals surface area contributed by atoms with Crippen molar-refractivity contribution in [3.05, 3.63) is 17.5 Å². The fraction of sp³-hybridized carbons (Fsp3) is 0.700. The first-order valence-corrected chi connectivity index (χ1v) is 4.63. The second-order valence-corrected chi connectivity index (χ2v) is 4.50. The molecule has 0 unspecified atom stereocenters. The summed E-state index contributed by atoms with van der Waals surface area (Å²) in [5.74, 6) is 0. The number of nitrogens with one attached hydrogen (secondary N) is 1. The van der Waals surface area contributed by atoms with Crippen LogP contribution >= 0.6 is 0 Å². The summed E-state index contributed by atoms with van der Waals surface area (Å²) in [6.45, 7) is 9.37. The predicted molar refractivity (Wildman–Crippen MR) is 54.5 cm³/mol. The fourth-order valence-corrected chi connectivity index (χ4v) is 1.08. The van der Waals surface area contributed by atoms with Crippen LogP contribution in [0.5, 0.6) is 0 Å². The van der Waals surface area contributed by atoms with Crippen LogP contribution in [0.4, 0.5) is 0 Å². The van der Waals surface area contributed by atoms with Gasteiger partial charge in [-0.05, 0) is 33.8 Å². The van der Waals surface area contributed by atoms with Crippen LogP contribution in [0.2, 0.25) is 0 Å². The first-order chi connectivity index (χ1) is 5.88. The van der Waals surface area contributed by atoms with E-state index in [0.717, 1.165) is 12.2 Å². The molecule has 1 heterocycles. The quantitative estimate of drug-likeness (QED) is 0.751. The van der Waals surface area contributed by atoms with Gasteiger partial charge in [-0.2, -0.15) is 5.10 Å². The van der Waals surface area contributed by atoms with Crippen molar-refractivity contribution in [2.24, 2.45) is 7.05 Å². The molecule has 0 radical (unpaired) electrons. The molecule has 0 saturated heterocycles. The Morgan fingerprint density at radius 1 is 1.46 bits per heavy atom. The number of nitrogens with zero attached hydrogens (tertiary/aromatic N) is 2. The third-order valence-corrected chi connectivity index (χ3v) is 1.96. The molecule has 0 amide bonds. The molecule has 1 N–H and O–H groups in total. The zero-order valence-corrected chi connectivity index (χ0v) is 9.18. The summed E-state index contributed by atoms with van der Waals surface area (Å²) < 4.78 is 1.90. The van der Waals surface area contributed by atoms with Crippen molar-refractivity contribution in [2.45, 2.75) is 39.8 Å². The molecule has 0 atom stereocenters. The average Bonchev–Trinajstić information content (AvgIpc) is 2.27. The Hall–Kier alpha value is -0.830. The lowest BCUT2D eigenvalue weighted by atomic mass is 10.1. The molecule has 0 aliphatic heterocycles. The molecule has 0 spiro atoms. The first kappa shape index (κ1) is 10.3. The summed E-state index contributed by atoms with van der Waals surface area (Å²) in [5, 5.41) is 7.77. The first-order valence-electron chi connectivity index (χ1n) is 4.63. The predicted octanol–water partition coefficient (Wildman–Crippen LogP) is 1.62. The molecule has 0 fully saturated rings. The third-order valence-electron chi connectivity index (χ3n) is 1.96. The molecule has 0 aliphatic carbocycles. The number of hydrogen-bond acceptors (Lipinski definition) is 2. The minimum absolute atomic E-state index is 0.158. The molecular weight excluding hydrogens is 162 g/mol. The van der Waals surface area contributed by atoms with Crippen molar-refractivity contribution < 1.29 is 0 Å². The summed E-state index contributed by atoms with van der Waals surface area (Å²) in [4.78, 5) is 0. The van der Waals surface area contributed by atoms with Crippen molar-refractivity contribution in [2.75, 3.05) is 0 Å². The summed E-state index contributed by atoms with van der Waals surface area (Å²) in [6.07, 6.45) is 0. The van der Waals surface area contributed by atoms with Crippen molar-refractivity contribution in [1.29, 1.82) is 0 Å². The van der Waals surface area contributed by atoms with Gasteiger partial charge in [0.1, 0.15) is 0 Å². The topological polar surface area (TPSA) is 29.9 Å². The number of hydrogen-bond donors (Lipinski definition) is 1. The second kappa shape index (κ2) is 3.50. The fourth-order valence-electron chi connectivity index (χ4n) is 1.08. The monoisotopic (exact) mass is 181 g/mol. The van der Waals surface area contributed by atoms with E-state index in [2.05, 4.69) is 44.2 Å². The van der Waals surface area contributed by atoms with Crippen molar-refractivity contribution in [1.82, 2.24) is 15.1 Å². The van der Waals surface area contributed by atoms with Gasteiger partial charge in [0, 0.05) is 24.8 Å². The van der Waals surface area contributed by atoms with Gasteiger partial charge in [0.15, 0.2) is 0 Å². The van der Waals surface area contributed by atoms with Crippen LogP contribution in [0, 0.1) is 6.92 Å². The molecule has 13 heavy (non-hydrogen) atoms. The van der Waals surface area contributed by atoms with Crippen molar-refractivity contribution in [3.8, 4) is 0 Å². The molecule has 1 rings (SSSR count). The Labute approximate surface area is 80.1 Å². The molecule has 74 valence electrons. The van der Waals surface area contributed by atoms with Crippen LogP contribution < -0.4 is 5.32 Å². The van der Waals surface area contributed by atoms with E-state index in [1.54, 1.807) is 0 Å². The number of rotatable bonds is 2. The molecular formula is C10H19N3. The summed E-state index contributed by atoms with van der Waals surface area (Å²) >= 11 is 0. The van der Waals surface area contributed by atoms with Gasteiger partial charge in [0.25, 0.3) is 0 Å². The molecule has 3 nitrogen and oxygen atoms in total. The highest BCUT2D eigenvalue weighted by Gasteiger charge is 2.09. The zero-order chi connectivity index (χ0) is 10.1. The lowest BCUT2D eigenvalue weighted by Gasteiger charge is -2.19. The van der Waals surface area contributed by atoms with Gasteiger partial charge in [-0.15, -0.1) is 0 Å². The Kier molecular flexibility index (Phi) is 2.76. The number of aromatic nitrogens is 2. The van der Waals surface area contributed by atoms with E-state index >= 15 is 0 Å². The smallest absolute Gasteiger partial charge is 0.0765 e. The molecule has 1 aromatic heterocycles. The van der Waals surface area contributed by atoms with Crippen molar-refractivity contribution >= 4 is 0 Å². The second-order valence-electron chi connectivity index (χ2n) is 4.50. The Bertz CT molecular complexity index is 261. The van der Waals surface area contributed by atoms with Gasteiger partial charge in [0.05, 0.1) is 5.69 Å². The van der Waals surface area contributed by atoms with Gasteiger partial charge in [-0.1, -0.05) is 0 Å². The lowest BCUT2D eigenvalue weighted by Crippen LogP contribution is -2.35. The van der Waals surface area contributed by atoms with E-state index in [4.69, 9.17) is 0 Å². The summed E-state index contributed by atoms with van der Waals surface area (Å²) in [7, 11) is 1.97. The minimum atomic E-state index is 0.158. The molecule has 0 aromatic carbocycles. The van der Waals surface area contributed by atoms with E-state index in [9.17, 15) is 0 Å². The van der Waals surface area contributed by atoms with Crippen LogP contribution in [0.1, 0.15) is 32.2 Å². The van der Waals surface area contributed by atoms with Gasteiger partial charge in [-0.3, -0.25) is 4.68 Å². The van der Waals surface area contributed by atoms with Gasteiger partial charge < -0.3 is 5.32 Å². The van der Waals surface area contributed by atoms with E-state index < -0.39 is 0 Å². The third kappa shape index (κ3) is 3.19. The molecule has 3 heteroatoms. The van der Waals surface area contributed by atoms with E-state index in [1.807, 2.05) is 11.7 Å². The molecule has 0 aliphatic rings. The van der Waals surface area contributed by atoms with Crippen LogP contribution in [-0.2, 0) is 13.6 Å². The number of aryl methyl sites for hydroxylation is 2. The normalized spacial score (nSPS) is 12.1. The van der Waals surface area contributed by atoms with Gasteiger partial charge in [0.2, 0.25) is 0 Å². The summed E-state index contributed by atoms with van der Waals surface area (Å²) in [5.41, 5.74) is 2.46.